The molecular weight excluding hydrogens is 156 g/mol. The number of hydrogen-bond donors (Lipinski definition) is 2. The standard InChI is InChI=1S/C8H16N2O2/c1-7-8(12)10(4-2-6-11)5-3-9-7/h7,9,11H,2-6H2,1H3/t7-/m1/s1. The van der Waals surface area contributed by atoms with Crippen LogP contribution in [0.15, 0.2) is 0 Å². The van der Waals surface area contributed by atoms with Gasteiger partial charge in [-0.1, -0.05) is 0 Å². The molecule has 1 aliphatic rings. The highest BCUT2D eigenvalue weighted by molar-refractivity contribution is 5.82. The molecule has 0 aliphatic carbocycles. The summed E-state index contributed by atoms with van der Waals surface area (Å²) in [6.07, 6.45) is 0.679. The molecule has 1 atom stereocenters. The zero-order valence-corrected chi connectivity index (χ0v) is 7.42. The van der Waals surface area contributed by atoms with Crippen LogP contribution in [0.3, 0.4) is 0 Å². The van der Waals surface area contributed by atoms with Gasteiger partial charge in [0.1, 0.15) is 0 Å². The third-order valence-corrected chi connectivity index (χ3v) is 2.10. The number of carbonyl (C=O) groups excluding carboxylic acids is 1. The maximum absolute atomic E-state index is 11.4. The predicted molar refractivity (Wildman–Crippen MR) is 45.7 cm³/mol. The lowest BCUT2D eigenvalue weighted by molar-refractivity contribution is -0.135. The van der Waals surface area contributed by atoms with Crippen molar-refractivity contribution in [3.05, 3.63) is 0 Å². The third kappa shape index (κ3) is 2.19. The van der Waals surface area contributed by atoms with Crippen molar-refractivity contribution in [1.29, 1.82) is 0 Å². The zero-order chi connectivity index (χ0) is 8.97. The topological polar surface area (TPSA) is 52.6 Å². The van der Waals surface area contributed by atoms with E-state index in [-0.39, 0.29) is 18.6 Å². The first-order chi connectivity index (χ1) is 5.75. The van der Waals surface area contributed by atoms with Crippen LogP contribution in [0.1, 0.15) is 13.3 Å². The minimum atomic E-state index is -0.0579. The Labute approximate surface area is 72.6 Å². The number of piperazine rings is 1. The van der Waals surface area contributed by atoms with Crippen LogP contribution in [0.2, 0.25) is 0 Å². The van der Waals surface area contributed by atoms with Gasteiger partial charge in [0.2, 0.25) is 5.91 Å². The summed E-state index contributed by atoms with van der Waals surface area (Å²) in [6.45, 7) is 4.34. The van der Waals surface area contributed by atoms with Gasteiger partial charge in [-0.15, -0.1) is 0 Å². The van der Waals surface area contributed by atoms with Crippen molar-refractivity contribution < 1.29 is 9.90 Å². The van der Waals surface area contributed by atoms with Gasteiger partial charge < -0.3 is 15.3 Å². The van der Waals surface area contributed by atoms with Crippen molar-refractivity contribution in [1.82, 2.24) is 10.2 Å². The molecule has 0 aromatic rings. The molecule has 4 heteroatoms. The maximum Gasteiger partial charge on any atom is 0.239 e. The fourth-order valence-electron chi connectivity index (χ4n) is 1.37. The molecule has 4 nitrogen and oxygen atoms in total. The first-order valence-electron chi connectivity index (χ1n) is 4.38. The van der Waals surface area contributed by atoms with E-state index in [2.05, 4.69) is 5.32 Å². The fraction of sp³-hybridized carbons (Fsp3) is 0.875. The summed E-state index contributed by atoms with van der Waals surface area (Å²) in [5, 5.41) is 11.7. The molecule has 1 saturated heterocycles. The normalized spacial score (nSPS) is 24.7. The molecule has 0 radical (unpaired) electrons. The van der Waals surface area contributed by atoms with Crippen molar-refractivity contribution in [2.45, 2.75) is 19.4 Å². The summed E-state index contributed by atoms with van der Waals surface area (Å²) in [5.41, 5.74) is 0. The highest BCUT2D eigenvalue weighted by Gasteiger charge is 2.23. The minimum absolute atomic E-state index is 0.0579. The Balaban J connectivity index is 2.36. The molecule has 1 amide bonds. The quantitative estimate of drug-likeness (QED) is 0.585. The predicted octanol–water partition coefficient (Wildman–Crippen LogP) is -0.811. The minimum Gasteiger partial charge on any atom is -0.396 e. The van der Waals surface area contributed by atoms with E-state index < -0.39 is 0 Å². The zero-order valence-electron chi connectivity index (χ0n) is 7.42. The Morgan fingerprint density at radius 2 is 2.50 bits per heavy atom. The van der Waals surface area contributed by atoms with E-state index in [0.29, 0.717) is 13.0 Å². The molecule has 1 aliphatic heterocycles. The van der Waals surface area contributed by atoms with Crippen molar-refractivity contribution in [3.63, 3.8) is 0 Å². The largest absolute Gasteiger partial charge is 0.396 e. The number of carbonyl (C=O) groups is 1. The van der Waals surface area contributed by atoms with Crippen LogP contribution >= 0.6 is 0 Å². The third-order valence-electron chi connectivity index (χ3n) is 2.10. The molecule has 0 aromatic carbocycles. The van der Waals surface area contributed by atoms with E-state index >= 15 is 0 Å². The van der Waals surface area contributed by atoms with Gasteiger partial charge in [-0.2, -0.15) is 0 Å². The Morgan fingerprint density at radius 3 is 3.17 bits per heavy atom. The van der Waals surface area contributed by atoms with Crippen molar-refractivity contribution in [3.8, 4) is 0 Å². The van der Waals surface area contributed by atoms with Gasteiger partial charge in [-0.3, -0.25) is 4.79 Å². The van der Waals surface area contributed by atoms with E-state index in [9.17, 15) is 4.79 Å². The van der Waals surface area contributed by atoms with Crippen LogP contribution in [0.25, 0.3) is 0 Å². The summed E-state index contributed by atoms with van der Waals surface area (Å²) in [4.78, 5) is 13.2. The number of nitrogens with zero attached hydrogens (tertiary/aromatic N) is 1. The molecule has 0 spiro atoms. The van der Waals surface area contributed by atoms with E-state index in [1.807, 2.05) is 6.92 Å². The Bertz CT molecular complexity index is 161. The van der Waals surface area contributed by atoms with Crippen LogP contribution in [0.4, 0.5) is 0 Å². The smallest absolute Gasteiger partial charge is 0.239 e. The maximum atomic E-state index is 11.4. The molecule has 12 heavy (non-hydrogen) atoms. The molecule has 70 valence electrons. The van der Waals surface area contributed by atoms with Crippen LogP contribution in [-0.2, 0) is 4.79 Å². The number of rotatable bonds is 3. The molecular formula is C8H16N2O2. The van der Waals surface area contributed by atoms with Crippen molar-refractivity contribution in [2.24, 2.45) is 0 Å². The summed E-state index contributed by atoms with van der Waals surface area (Å²) < 4.78 is 0. The molecule has 1 rings (SSSR count). The van der Waals surface area contributed by atoms with Crippen molar-refractivity contribution >= 4 is 5.91 Å². The SMILES string of the molecule is C[C@H]1NCCN(CCCO)C1=O. The van der Waals surface area contributed by atoms with E-state index in [1.54, 1.807) is 4.90 Å². The average molecular weight is 172 g/mol. The highest BCUT2D eigenvalue weighted by atomic mass is 16.3. The van der Waals surface area contributed by atoms with Crippen molar-refractivity contribution in [2.75, 3.05) is 26.2 Å². The van der Waals surface area contributed by atoms with Gasteiger partial charge in [0.15, 0.2) is 0 Å². The second kappa shape index (κ2) is 4.42. The van der Waals surface area contributed by atoms with Gasteiger partial charge in [-0.25, -0.2) is 0 Å². The lowest BCUT2D eigenvalue weighted by Crippen LogP contribution is -2.53. The van der Waals surface area contributed by atoms with E-state index in [0.717, 1.165) is 13.1 Å². The number of aliphatic hydroxyl groups excluding tert-OH is 1. The van der Waals surface area contributed by atoms with Gasteiger partial charge in [0.05, 0.1) is 6.04 Å². The Kier molecular flexibility index (Phi) is 3.49. The first-order valence-corrected chi connectivity index (χ1v) is 4.38. The number of amides is 1. The summed E-state index contributed by atoms with van der Waals surface area (Å²) >= 11 is 0. The van der Waals surface area contributed by atoms with Gasteiger partial charge in [0.25, 0.3) is 0 Å². The number of nitrogens with one attached hydrogen (secondary N) is 1. The summed E-state index contributed by atoms with van der Waals surface area (Å²) in [6, 6.07) is -0.0579. The second-order valence-electron chi connectivity index (χ2n) is 3.08. The Hall–Kier alpha value is -0.610. The molecule has 0 saturated carbocycles. The van der Waals surface area contributed by atoms with Crippen LogP contribution in [0.5, 0.6) is 0 Å². The first kappa shape index (κ1) is 9.48. The molecule has 0 aromatic heterocycles. The second-order valence-corrected chi connectivity index (χ2v) is 3.08. The summed E-state index contributed by atoms with van der Waals surface area (Å²) in [5.74, 6) is 0.148. The molecule has 1 heterocycles. The highest BCUT2D eigenvalue weighted by Crippen LogP contribution is 2.01. The van der Waals surface area contributed by atoms with Gasteiger partial charge in [-0.05, 0) is 13.3 Å². The lowest BCUT2D eigenvalue weighted by atomic mass is 10.2. The van der Waals surface area contributed by atoms with E-state index in [4.69, 9.17) is 5.11 Å². The fourth-order valence-corrected chi connectivity index (χ4v) is 1.37. The lowest BCUT2D eigenvalue weighted by Gasteiger charge is -2.31. The van der Waals surface area contributed by atoms with Gasteiger partial charge >= 0.3 is 0 Å². The summed E-state index contributed by atoms with van der Waals surface area (Å²) in [7, 11) is 0. The van der Waals surface area contributed by atoms with Crippen LogP contribution < -0.4 is 5.32 Å². The number of aliphatic hydroxyl groups is 1. The number of hydrogen-bond acceptors (Lipinski definition) is 3. The molecule has 0 unspecified atom stereocenters. The van der Waals surface area contributed by atoms with Gasteiger partial charge in [0, 0.05) is 26.2 Å². The van der Waals surface area contributed by atoms with Crippen LogP contribution in [0, 0.1) is 0 Å². The monoisotopic (exact) mass is 172 g/mol. The molecule has 2 N–H and O–H groups in total. The van der Waals surface area contributed by atoms with E-state index in [1.165, 1.54) is 0 Å². The average Bonchev–Trinajstić information content (AvgIpc) is 2.08. The molecule has 1 fully saturated rings. The Morgan fingerprint density at radius 1 is 1.75 bits per heavy atom. The van der Waals surface area contributed by atoms with Crippen LogP contribution in [-0.4, -0.2) is 48.2 Å². The molecule has 0 bridgehead atoms.